The lowest BCUT2D eigenvalue weighted by molar-refractivity contribution is -0.148. The zero-order valence-electron chi connectivity index (χ0n) is 13.2. The topological polar surface area (TPSA) is 114 Å². The van der Waals surface area contributed by atoms with Gasteiger partial charge < -0.3 is 10.1 Å². The summed E-state index contributed by atoms with van der Waals surface area (Å²) in [5.74, 6) is -2.31. The molecule has 3 amide bonds. The Hall–Kier alpha value is -2.90. The van der Waals surface area contributed by atoms with Gasteiger partial charge in [-0.2, -0.15) is 0 Å². The second kappa shape index (κ2) is 8.52. The number of esters is 1. The summed E-state index contributed by atoms with van der Waals surface area (Å²) in [5.41, 5.74) is 6.55. The van der Waals surface area contributed by atoms with Gasteiger partial charge in [0, 0.05) is 12.5 Å². The first-order valence-corrected chi connectivity index (χ1v) is 6.86. The number of nitrogens with one attached hydrogen (secondary N) is 3. The highest BCUT2D eigenvalue weighted by atomic mass is 16.5. The minimum Gasteiger partial charge on any atom is -0.454 e. The van der Waals surface area contributed by atoms with Crippen LogP contribution in [0.5, 0.6) is 0 Å². The summed E-state index contributed by atoms with van der Waals surface area (Å²) in [4.78, 5) is 45.1. The molecule has 23 heavy (non-hydrogen) atoms. The summed E-state index contributed by atoms with van der Waals surface area (Å²) in [6.45, 7) is 4.11. The summed E-state index contributed by atoms with van der Waals surface area (Å²) in [6.07, 6.45) is 0. The molecule has 1 rings (SSSR count). The quantitative estimate of drug-likeness (QED) is 0.511. The van der Waals surface area contributed by atoms with E-state index in [1.165, 1.54) is 6.92 Å². The highest BCUT2D eigenvalue weighted by Crippen LogP contribution is 2.09. The molecule has 0 saturated carbocycles. The minimum atomic E-state index is -0.764. The number of benzene rings is 1. The zero-order valence-corrected chi connectivity index (χ0v) is 13.2. The Morgan fingerprint density at radius 1 is 1.04 bits per heavy atom. The first kappa shape index (κ1) is 18.1. The SMILES string of the molecule is CC(=O)NNC(=O)COC(=O)CNC(=O)c1ccc(C)c(C)c1. The first-order chi connectivity index (χ1) is 10.8. The van der Waals surface area contributed by atoms with Gasteiger partial charge in [0.05, 0.1) is 0 Å². The predicted molar refractivity (Wildman–Crippen MR) is 81.2 cm³/mol. The zero-order chi connectivity index (χ0) is 17.4. The van der Waals surface area contributed by atoms with E-state index in [4.69, 9.17) is 0 Å². The Morgan fingerprint density at radius 2 is 1.74 bits per heavy atom. The molecule has 1 aromatic rings. The smallest absolute Gasteiger partial charge is 0.325 e. The van der Waals surface area contributed by atoms with Crippen LogP contribution < -0.4 is 16.2 Å². The highest BCUT2D eigenvalue weighted by molar-refractivity contribution is 5.96. The van der Waals surface area contributed by atoms with E-state index in [9.17, 15) is 19.2 Å². The van der Waals surface area contributed by atoms with Crippen molar-refractivity contribution in [2.75, 3.05) is 13.2 Å². The molecule has 0 spiro atoms. The van der Waals surface area contributed by atoms with E-state index in [2.05, 4.69) is 15.5 Å². The van der Waals surface area contributed by atoms with Crippen LogP contribution in [0.1, 0.15) is 28.4 Å². The molecule has 0 fully saturated rings. The molecule has 0 bridgehead atoms. The third-order valence-corrected chi connectivity index (χ3v) is 2.90. The fourth-order valence-electron chi connectivity index (χ4n) is 1.53. The Morgan fingerprint density at radius 3 is 2.35 bits per heavy atom. The molecule has 8 heteroatoms. The van der Waals surface area contributed by atoms with Crippen LogP contribution in [0.4, 0.5) is 0 Å². The number of hydrogen-bond donors (Lipinski definition) is 3. The van der Waals surface area contributed by atoms with Crippen molar-refractivity contribution in [2.24, 2.45) is 0 Å². The van der Waals surface area contributed by atoms with Crippen LogP contribution in [0.3, 0.4) is 0 Å². The predicted octanol–water partition coefficient (Wildman–Crippen LogP) is -0.256. The molecule has 0 aliphatic carbocycles. The second-order valence-corrected chi connectivity index (χ2v) is 4.87. The molecule has 8 nitrogen and oxygen atoms in total. The summed E-state index contributed by atoms with van der Waals surface area (Å²) in [5, 5.41) is 2.40. The molecule has 0 heterocycles. The molecular weight excluding hydrogens is 302 g/mol. The lowest BCUT2D eigenvalue weighted by atomic mass is 10.1. The molecule has 0 aliphatic rings. The molecule has 124 valence electrons. The molecule has 0 radical (unpaired) electrons. The Balaban J connectivity index is 2.35. The lowest BCUT2D eigenvalue weighted by Gasteiger charge is -2.08. The lowest BCUT2D eigenvalue weighted by Crippen LogP contribution is -2.43. The fourth-order valence-corrected chi connectivity index (χ4v) is 1.53. The third kappa shape index (κ3) is 6.60. The van der Waals surface area contributed by atoms with E-state index in [0.29, 0.717) is 5.56 Å². The van der Waals surface area contributed by atoms with Crippen molar-refractivity contribution >= 4 is 23.7 Å². The molecular formula is C15H19N3O5. The number of aryl methyl sites for hydroxylation is 2. The normalized spacial score (nSPS) is 9.70. The maximum Gasteiger partial charge on any atom is 0.325 e. The molecule has 3 N–H and O–H groups in total. The van der Waals surface area contributed by atoms with Gasteiger partial charge in [-0.15, -0.1) is 0 Å². The van der Waals surface area contributed by atoms with Crippen molar-refractivity contribution < 1.29 is 23.9 Å². The Labute approximate surface area is 133 Å². The van der Waals surface area contributed by atoms with Crippen LogP contribution in [0.2, 0.25) is 0 Å². The van der Waals surface area contributed by atoms with Gasteiger partial charge in [-0.05, 0) is 37.1 Å². The van der Waals surface area contributed by atoms with Gasteiger partial charge in [0.1, 0.15) is 6.54 Å². The van der Waals surface area contributed by atoms with E-state index in [1.807, 2.05) is 25.3 Å². The Bertz CT molecular complexity index is 628. The summed E-state index contributed by atoms with van der Waals surface area (Å²) >= 11 is 0. The molecule has 1 aromatic carbocycles. The second-order valence-electron chi connectivity index (χ2n) is 4.87. The molecule has 0 unspecified atom stereocenters. The van der Waals surface area contributed by atoms with E-state index in [-0.39, 0.29) is 6.54 Å². The average Bonchev–Trinajstić information content (AvgIpc) is 2.51. The number of rotatable bonds is 5. The number of amides is 3. The van der Waals surface area contributed by atoms with Crippen molar-refractivity contribution in [3.05, 3.63) is 34.9 Å². The largest absolute Gasteiger partial charge is 0.454 e. The number of carbonyl (C=O) groups excluding carboxylic acids is 4. The van der Waals surface area contributed by atoms with Crippen molar-refractivity contribution in [3.63, 3.8) is 0 Å². The minimum absolute atomic E-state index is 0.362. The average molecular weight is 321 g/mol. The molecule has 0 aromatic heterocycles. The van der Waals surface area contributed by atoms with Crippen LogP contribution in [0.15, 0.2) is 18.2 Å². The number of carbonyl (C=O) groups is 4. The monoisotopic (exact) mass is 321 g/mol. The third-order valence-electron chi connectivity index (χ3n) is 2.90. The van der Waals surface area contributed by atoms with Crippen LogP contribution in [-0.4, -0.2) is 36.8 Å². The van der Waals surface area contributed by atoms with Crippen LogP contribution >= 0.6 is 0 Å². The van der Waals surface area contributed by atoms with E-state index in [1.54, 1.807) is 12.1 Å². The summed E-state index contributed by atoms with van der Waals surface area (Å²) < 4.78 is 4.65. The van der Waals surface area contributed by atoms with Crippen molar-refractivity contribution in [2.45, 2.75) is 20.8 Å². The van der Waals surface area contributed by atoms with Crippen molar-refractivity contribution in [1.82, 2.24) is 16.2 Å². The van der Waals surface area contributed by atoms with E-state index >= 15 is 0 Å². The van der Waals surface area contributed by atoms with E-state index < -0.39 is 30.3 Å². The molecule has 0 saturated heterocycles. The number of hydrogen-bond acceptors (Lipinski definition) is 5. The summed E-state index contributed by atoms with van der Waals surface area (Å²) in [6, 6.07) is 5.19. The highest BCUT2D eigenvalue weighted by Gasteiger charge is 2.11. The van der Waals surface area contributed by atoms with Gasteiger partial charge >= 0.3 is 5.97 Å². The summed E-state index contributed by atoms with van der Waals surface area (Å²) in [7, 11) is 0. The fraction of sp³-hybridized carbons (Fsp3) is 0.333. The van der Waals surface area contributed by atoms with Gasteiger partial charge in [0.25, 0.3) is 11.8 Å². The maximum absolute atomic E-state index is 11.9. The Kier molecular flexibility index (Phi) is 6.72. The first-order valence-electron chi connectivity index (χ1n) is 6.86. The van der Waals surface area contributed by atoms with Gasteiger partial charge in [-0.25, -0.2) is 0 Å². The van der Waals surface area contributed by atoms with Crippen LogP contribution in [0.25, 0.3) is 0 Å². The number of ether oxygens (including phenoxy) is 1. The van der Waals surface area contributed by atoms with Gasteiger partial charge in [0.2, 0.25) is 5.91 Å². The van der Waals surface area contributed by atoms with Gasteiger partial charge in [-0.1, -0.05) is 6.07 Å². The van der Waals surface area contributed by atoms with Crippen LogP contribution in [-0.2, 0) is 19.1 Å². The van der Waals surface area contributed by atoms with Crippen molar-refractivity contribution in [3.8, 4) is 0 Å². The van der Waals surface area contributed by atoms with Gasteiger partial charge in [0.15, 0.2) is 6.61 Å². The molecule has 0 aliphatic heterocycles. The maximum atomic E-state index is 11.9. The van der Waals surface area contributed by atoms with E-state index in [0.717, 1.165) is 11.1 Å². The van der Waals surface area contributed by atoms with Crippen LogP contribution in [0, 0.1) is 13.8 Å². The van der Waals surface area contributed by atoms with Crippen molar-refractivity contribution in [1.29, 1.82) is 0 Å². The molecule has 0 atom stereocenters. The number of hydrazine groups is 1. The standard InChI is InChI=1S/C15H19N3O5/c1-9-4-5-12(6-10(9)2)15(22)16-7-14(21)23-8-13(20)18-17-11(3)19/h4-6H,7-8H2,1-3H3,(H,16,22)(H,17,19)(H,18,20). The van der Waals surface area contributed by atoms with Gasteiger partial charge in [-0.3, -0.25) is 30.0 Å².